The number of amides is 2. The van der Waals surface area contributed by atoms with Gasteiger partial charge in [-0.3, -0.25) is 9.59 Å². The van der Waals surface area contributed by atoms with E-state index in [0.29, 0.717) is 36.1 Å². The molecule has 0 N–H and O–H groups in total. The van der Waals surface area contributed by atoms with E-state index in [1.165, 1.54) is 23.6 Å². The topological polar surface area (TPSA) is 124 Å². The highest BCUT2D eigenvalue weighted by Gasteiger charge is 2.40. The molecule has 2 aromatic heterocycles. The van der Waals surface area contributed by atoms with Crippen molar-refractivity contribution in [2.75, 3.05) is 24.6 Å². The molecule has 1 saturated carbocycles. The molecule has 0 radical (unpaired) electrons. The summed E-state index contributed by atoms with van der Waals surface area (Å²) in [4.78, 5) is 31.2. The molecule has 2 amide bonds. The summed E-state index contributed by atoms with van der Waals surface area (Å²) in [5.74, 6) is 0.628. The average Bonchev–Trinajstić information content (AvgIpc) is 3.47. The van der Waals surface area contributed by atoms with E-state index in [9.17, 15) is 13.8 Å². The van der Waals surface area contributed by atoms with E-state index < -0.39 is 15.6 Å². The van der Waals surface area contributed by atoms with Gasteiger partial charge in [-0.15, -0.1) is 0 Å². The lowest BCUT2D eigenvalue weighted by molar-refractivity contribution is -0.118. The fourth-order valence-electron chi connectivity index (χ4n) is 5.34. The van der Waals surface area contributed by atoms with Gasteiger partial charge in [0.05, 0.1) is 15.4 Å². The van der Waals surface area contributed by atoms with E-state index in [2.05, 4.69) is 19.6 Å². The van der Waals surface area contributed by atoms with Crippen LogP contribution in [-0.2, 0) is 21.1 Å². The van der Waals surface area contributed by atoms with Gasteiger partial charge in [-0.2, -0.15) is 9.46 Å². The molecule has 2 saturated heterocycles. The highest BCUT2D eigenvalue weighted by Crippen LogP contribution is 2.36. The van der Waals surface area contributed by atoms with Crippen molar-refractivity contribution < 1.29 is 18.3 Å². The lowest BCUT2D eigenvalue weighted by Gasteiger charge is -2.42. The molecule has 3 fully saturated rings. The maximum absolute atomic E-state index is 13.3. The summed E-state index contributed by atoms with van der Waals surface area (Å²) in [6, 6.07) is 0. The molecule has 2 bridgehead atoms. The second-order valence-corrected chi connectivity index (χ2v) is 11.4. The van der Waals surface area contributed by atoms with Crippen molar-refractivity contribution in [1.29, 1.82) is 0 Å². The summed E-state index contributed by atoms with van der Waals surface area (Å²) in [7, 11) is -2.63. The fraction of sp³-hybridized carbons (Fsp3) is 0.650. The quantitative estimate of drug-likeness (QED) is 0.700. The molecule has 4 heterocycles. The van der Waals surface area contributed by atoms with Crippen molar-refractivity contribution in [3.05, 3.63) is 30.2 Å². The van der Waals surface area contributed by atoms with Gasteiger partial charge in [-0.1, -0.05) is 18.0 Å². The first-order chi connectivity index (χ1) is 15.0. The summed E-state index contributed by atoms with van der Waals surface area (Å²) in [5, 5.41) is 8.03. The molecule has 2 unspecified atom stereocenters. The van der Waals surface area contributed by atoms with Gasteiger partial charge in [0.1, 0.15) is 31.0 Å². The van der Waals surface area contributed by atoms with E-state index in [-0.39, 0.29) is 24.3 Å². The first-order valence-electron chi connectivity index (χ1n) is 10.8. The average molecular weight is 447 g/mol. The SMILES string of the molecule is O=C(Cn1cncn1)N=S1(=O)CC2CC(CN(C(=O)c3conc3C3CCCC3)C2)C1. The van der Waals surface area contributed by atoms with Crippen molar-refractivity contribution in [2.24, 2.45) is 16.2 Å². The number of likely N-dealkylation sites (tertiary alicyclic amines) is 1. The van der Waals surface area contributed by atoms with Crippen molar-refractivity contribution >= 4 is 21.5 Å². The molecule has 11 heteroatoms. The van der Waals surface area contributed by atoms with Gasteiger partial charge in [0.15, 0.2) is 0 Å². The minimum absolute atomic E-state index is 0.0505. The molecule has 10 nitrogen and oxygen atoms in total. The highest BCUT2D eigenvalue weighted by molar-refractivity contribution is 7.93. The number of nitrogens with zero attached hydrogens (tertiary/aromatic N) is 6. The number of carbonyl (C=O) groups is 2. The normalized spacial score (nSPS) is 28.6. The number of hydrogen-bond donors (Lipinski definition) is 0. The second-order valence-electron chi connectivity index (χ2n) is 8.96. The Bertz CT molecular complexity index is 1060. The van der Waals surface area contributed by atoms with Gasteiger partial charge in [-0.05, 0) is 31.1 Å². The maximum Gasteiger partial charge on any atom is 0.275 e. The van der Waals surface area contributed by atoms with Crippen LogP contribution in [0.1, 0.15) is 54.1 Å². The van der Waals surface area contributed by atoms with Crippen LogP contribution in [0.5, 0.6) is 0 Å². The second kappa shape index (κ2) is 8.18. The Labute approximate surface area is 180 Å². The minimum atomic E-state index is -2.63. The van der Waals surface area contributed by atoms with E-state index in [4.69, 9.17) is 4.52 Å². The Morgan fingerprint density at radius 1 is 1.19 bits per heavy atom. The first-order valence-corrected chi connectivity index (χ1v) is 12.7. The van der Waals surface area contributed by atoms with Crippen LogP contribution in [0, 0.1) is 11.8 Å². The summed E-state index contributed by atoms with van der Waals surface area (Å²) in [6.45, 7) is 0.983. The monoisotopic (exact) mass is 446 g/mol. The molecule has 31 heavy (non-hydrogen) atoms. The van der Waals surface area contributed by atoms with Gasteiger partial charge in [0.2, 0.25) is 0 Å². The standard InChI is InChI=1S/C20H26N6O4S/c27-18(8-26-13-21-12-22-26)24-31(29)10-14-5-15(11-31)7-25(6-14)20(28)17-9-30-23-19(17)16-3-1-2-4-16/h9,12-16H,1-8,10-11H2. The Balaban J connectivity index is 1.28. The van der Waals surface area contributed by atoms with Gasteiger partial charge in [-0.25, -0.2) is 13.9 Å². The van der Waals surface area contributed by atoms with Crippen LogP contribution in [0.15, 0.2) is 27.8 Å². The predicted molar refractivity (Wildman–Crippen MR) is 111 cm³/mol. The Kier molecular flexibility index (Phi) is 5.37. The van der Waals surface area contributed by atoms with Crippen molar-refractivity contribution in [2.45, 2.75) is 44.6 Å². The molecule has 5 rings (SSSR count). The van der Waals surface area contributed by atoms with Crippen LogP contribution in [-0.4, -0.2) is 65.4 Å². The Hall–Kier alpha value is -2.56. The number of hydrogen-bond acceptors (Lipinski definition) is 7. The third-order valence-corrected chi connectivity index (χ3v) is 9.03. The third-order valence-electron chi connectivity index (χ3n) is 6.51. The summed E-state index contributed by atoms with van der Waals surface area (Å²) >= 11 is 0. The third kappa shape index (κ3) is 4.28. The molecule has 166 valence electrons. The number of piperidine rings is 1. The maximum atomic E-state index is 13.3. The number of carbonyl (C=O) groups excluding carboxylic acids is 2. The van der Waals surface area contributed by atoms with Gasteiger partial charge >= 0.3 is 0 Å². The molecule has 2 aliphatic heterocycles. The van der Waals surface area contributed by atoms with Gasteiger partial charge in [0, 0.05) is 30.5 Å². The highest BCUT2D eigenvalue weighted by atomic mass is 32.2. The van der Waals surface area contributed by atoms with E-state index in [0.717, 1.165) is 37.8 Å². The lowest BCUT2D eigenvalue weighted by Crippen LogP contribution is -2.51. The number of rotatable bonds is 4. The molecule has 0 spiro atoms. The summed E-state index contributed by atoms with van der Waals surface area (Å²) < 4.78 is 24.0. The largest absolute Gasteiger partial charge is 0.364 e. The van der Waals surface area contributed by atoms with E-state index >= 15 is 0 Å². The van der Waals surface area contributed by atoms with Crippen molar-refractivity contribution in [3.63, 3.8) is 0 Å². The van der Waals surface area contributed by atoms with E-state index in [1.54, 1.807) is 0 Å². The number of aromatic nitrogens is 4. The fourth-order valence-corrected chi connectivity index (χ4v) is 8.01. The molecular formula is C20H26N6O4S. The van der Waals surface area contributed by atoms with Crippen LogP contribution in [0.25, 0.3) is 0 Å². The van der Waals surface area contributed by atoms with Gasteiger partial charge < -0.3 is 9.42 Å². The first kappa shape index (κ1) is 20.3. The van der Waals surface area contributed by atoms with Gasteiger partial charge in [0.25, 0.3) is 11.8 Å². The summed E-state index contributed by atoms with van der Waals surface area (Å²) in [5.41, 5.74) is 1.36. The number of fused-ring (bicyclic) bond motifs is 2. The van der Waals surface area contributed by atoms with Crippen LogP contribution in [0.3, 0.4) is 0 Å². The van der Waals surface area contributed by atoms with Crippen molar-refractivity contribution in [1.82, 2.24) is 24.8 Å². The minimum Gasteiger partial charge on any atom is -0.364 e. The molecule has 1 aliphatic carbocycles. The van der Waals surface area contributed by atoms with Crippen LogP contribution in [0.4, 0.5) is 0 Å². The lowest BCUT2D eigenvalue weighted by atomic mass is 9.90. The van der Waals surface area contributed by atoms with Crippen molar-refractivity contribution in [3.8, 4) is 0 Å². The molecule has 2 aromatic rings. The van der Waals surface area contributed by atoms with E-state index in [1.807, 2.05) is 4.90 Å². The zero-order chi connectivity index (χ0) is 21.4. The predicted octanol–water partition coefficient (Wildman–Crippen LogP) is 1.71. The molecule has 2 atom stereocenters. The molecular weight excluding hydrogens is 420 g/mol. The van der Waals surface area contributed by atoms with Crippen LogP contribution >= 0.6 is 0 Å². The smallest absolute Gasteiger partial charge is 0.275 e. The molecule has 0 aromatic carbocycles. The van der Waals surface area contributed by atoms with Crippen LogP contribution in [0.2, 0.25) is 0 Å². The zero-order valence-electron chi connectivity index (χ0n) is 17.3. The Morgan fingerprint density at radius 2 is 1.94 bits per heavy atom. The molecule has 3 aliphatic rings. The zero-order valence-corrected chi connectivity index (χ0v) is 18.1. The van der Waals surface area contributed by atoms with Crippen LogP contribution < -0.4 is 0 Å². The Morgan fingerprint density at radius 3 is 2.61 bits per heavy atom. The summed E-state index contributed by atoms with van der Waals surface area (Å²) in [6.07, 6.45) is 9.57.